The fourth-order valence-electron chi connectivity index (χ4n) is 3.03. The number of hydrogen-bond acceptors (Lipinski definition) is 8. The molecule has 1 unspecified atom stereocenters. The molecule has 3 N–H and O–H groups in total. The van der Waals surface area contributed by atoms with Crippen LogP contribution in [0.4, 0.5) is 0 Å². The van der Waals surface area contributed by atoms with Gasteiger partial charge in [-0.15, -0.1) is 23.1 Å². The highest BCUT2D eigenvalue weighted by Gasteiger charge is 2.66. The molecule has 12 heteroatoms. The van der Waals surface area contributed by atoms with Crippen molar-refractivity contribution in [2.24, 2.45) is 5.10 Å². The van der Waals surface area contributed by atoms with E-state index >= 15 is 0 Å². The second-order valence-electron chi connectivity index (χ2n) is 6.19. The maximum Gasteiger partial charge on any atom is 0.353 e. The van der Waals surface area contributed by atoms with Crippen molar-refractivity contribution in [3.63, 3.8) is 0 Å². The average Bonchev–Trinajstić information content (AvgIpc) is 3.17. The quantitative estimate of drug-likeness (QED) is 0.238. The molecule has 154 valence electrons. The number of β-lactam (4-membered cyclic amide) rings is 1. The number of hydrazone groups is 1. The minimum Gasteiger partial charge on any atom is -0.477 e. The van der Waals surface area contributed by atoms with E-state index in [1.165, 1.54) is 43.3 Å². The Labute approximate surface area is 174 Å². The minimum absolute atomic E-state index is 0.0870. The first-order valence-electron chi connectivity index (χ1n) is 8.40. The molecule has 0 aromatic carbocycles. The second kappa shape index (κ2) is 8.35. The van der Waals surface area contributed by atoms with Gasteiger partial charge in [0.05, 0.1) is 12.6 Å². The smallest absolute Gasteiger partial charge is 0.353 e. The number of carboxylic acids is 1. The van der Waals surface area contributed by atoms with Crippen LogP contribution in [0.3, 0.4) is 0 Å². The Morgan fingerprint density at radius 2 is 2.24 bits per heavy atom. The number of aliphatic carboxylic acids is 1. The van der Waals surface area contributed by atoms with E-state index in [0.29, 0.717) is 0 Å². The van der Waals surface area contributed by atoms with Gasteiger partial charge in [0.2, 0.25) is 11.8 Å². The number of rotatable bonds is 7. The highest BCUT2D eigenvalue weighted by atomic mass is 32.2. The van der Waals surface area contributed by atoms with E-state index in [4.69, 9.17) is 4.74 Å². The van der Waals surface area contributed by atoms with Crippen molar-refractivity contribution in [3.05, 3.63) is 33.7 Å². The third kappa shape index (κ3) is 3.91. The first kappa shape index (κ1) is 21.0. The standard InChI is InChI=1S/C17H18N4O6S2/c1-9(22)20-18-7-10-8-29-16-17(27-2,15(26)21(16)13(10)14(24)25)19-12(23)6-11-4-3-5-28-11/h3-5,7,16H,6,8H2,1-2H3,(H,19,23)(H,20,22)(H,24,25)/t16-,17?/m0/s1. The van der Waals surface area contributed by atoms with Crippen LogP contribution in [0.15, 0.2) is 33.9 Å². The topological polar surface area (TPSA) is 137 Å². The lowest BCUT2D eigenvalue weighted by Gasteiger charge is -2.55. The van der Waals surface area contributed by atoms with E-state index in [0.717, 1.165) is 9.78 Å². The lowest BCUT2D eigenvalue weighted by Crippen LogP contribution is -2.80. The molecule has 2 aliphatic rings. The lowest BCUT2D eigenvalue weighted by molar-refractivity contribution is -0.192. The van der Waals surface area contributed by atoms with E-state index in [1.54, 1.807) is 6.07 Å². The predicted molar refractivity (Wildman–Crippen MR) is 106 cm³/mol. The fourth-order valence-corrected chi connectivity index (χ4v) is 5.12. The molecule has 0 aliphatic carbocycles. The van der Waals surface area contributed by atoms with Crippen molar-refractivity contribution in [1.29, 1.82) is 0 Å². The van der Waals surface area contributed by atoms with Gasteiger partial charge in [-0.05, 0) is 11.4 Å². The Hall–Kier alpha value is -2.70. The highest BCUT2D eigenvalue weighted by molar-refractivity contribution is 8.00. The lowest BCUT2D eigenvalue weighted by atomic mass is 9.98. The molecule has 3 amide bonds. The van der Waals surface area contributed by atoms with Gasteiger partial charge in [-0.2, -0.15) is 5.10 Å². The van der Waals surface area contributed by atoms with Crippen molar-refractivity contribution < 1.29 is 29.0 Å². The van der Waals surface area contributed by atoms with Crippen molar-refractivity contribution in [2.75, 3.05) is 12.9 Å². The Balaban J connectivity index is 1.82. The average molecular weight is 438 g/mol. The second-order valence-corrected chi connectivity index (χ2v) is 8.29. The predicted octanol–water partition coefficient (Wildman–Crippen LogP) is 0.125. The van der Waals surface area contributed by atoms with Gasteiger partial charge in [0.15, 0.2) is 0 Å². The first-order chi connectivity index (χ1) is 13.8. The zero-order chi connectivity index (χ0) is 21.2. The van der Waals surface area contributed by atoms with Crippen LogP contribution in [-0.2, 0) is 30.3 Å². The summed E-state index contributed by atoms with van der Waals surface area (Å²) < 4.78 is 5.37. The van der Waals surface area contributed by atoms with Gasteiger partial charge in [0, 0.05) is 30.2 Å². The summed E-state index contributed by atoms with van der Waals surface area (Å²) in [7, 11) is 1.29. The van der Waals surface area contributed by atoms with E-state index < -0.39 is 34.8 Å². The SMILES string of the molecule is COC1(NC(=O)Cc2cccs2)C(=O)N2C(C(=O)O)=C(C=NNC(C)=O)CS[C@H]21. The molecule has 1 saturated heterocycles. The van der Waals surface area contributed by atoms with Gasteiger partial charge in [-0.1, -0.05) is 6.07 Å². The number of carbonyl (C=O) groups is 4. The Kier molecular flexibility index (Phi) is 6.05. The first-order valence-corrected chi connectivity index (χ1v) is 10.3. The molecule has 3 heterocycles. The monoisotopic (exact) mass is 438 g/mol. The molecule has 2 aliphatic heterocycles. The number of nitrogens with one attached hydrogen (secondary N) is 2. The normalized spacial score (nSPS) is 23.6. The van der Waals surface area contributed by atoms with Crippen LogP contribution < -0.4 is 10.7 Å². The zero-order valence-electron chi connectivity index (χ0n) is 15.5. The number of thioether (sulfide) groups is 1. The van der Waals surface area contributed by atoms with E-state index in [9.17, 15) is 24.3 Å². The molecule has 3 rings (SSSR count). The molecular weight excluding hydrogens is 420 g/mol. The number of ether oxygens (including phenoxy) is 1. The van der Waals surface area contributed by atoms with Crippen molar-refractivity contribution in [1.82, 2.24) is 15.6 Å². The van der Waals surface area contributed by atoms with E-state index in [1.807, 2.05) is 11.4 Å². The Morgan fingerprint density at radius 3 is 2.83 bits per heavy atom. The number of carboxylic acid groups (broad SMARTS) is 1. The van der Waals surface area contributed by atoms with Crippen LogP contribution in [0.2, 0.25) is 0 Å². The Bertz CT molecular complexity index is 913. The summed E-state index contributed by atoms with van der Waals surface area (Å²) in [6.45, 7) is 1.26. The zero-order valence-corrected chi connectivity index (χ0v) is 17.1. The van der Waals surface area contributed by atoms with Gasteiger partial charge in [0.25, 0.3) is 11.6 Å². The van der Waals surface area contributed by atoms with Crippen LogP contribution >= 0.6 is 23.1 Å². The number of methoxy groups -OCH3 is 1. The molecular formula is C17H18N4O6S2. The maximum atomic E-state index is 12.9. The Morgan fingerprint density at radius 1 is 1.48 bits per heavy atom. The van der Waals surface area contributed by atoms with Crippen LogP contribution in [-0.4, -0.2) is 63.9 Å². The van der Waals surface area contributed by atoms with Crippen LogP contribution in [0.1, 0.15) is 11.8 Å². The summed E-state index contributed by atoms with van der Waals surface area (Å²) >= 11 is 2.65. The fraction of sp³-hybridized carbons (Fsp3) is 0.353. The largest absolute Gasteiger partial charge is 0.477 e. The van der Waals surface area contributed by atoms with Crippen LogP contribution in [0.25, 0.3) is 0 Å². The van der Waals surface area contributed by atoms with Gasteiger partial charge in [-0.3, -0.25) is 19.3 Å². The molecule has 1 aromatic rings. The molecule has 0 radical (unpaired) electrons. The van der Waals surface area contributed by atoms with Gasteiger partial charge in [0.1, 0.15) is 11.1 Å². The molecule has 10 nitrogen and oxygen atoms in total. The number of hydrogen-bond donors (Lipinski definition) is 3. The molecule has 1 fully saturated rings. The number of nitrogens with zero attached hydrogens (tertiary/aromatic N) is 2. The third-order valence-electron chi connectivity index (χ3n) is 4.27. The van der Waals surface area contributed by atoms with Crippen LogP contribution in [0.5, 0.6) is 0 Å². The molecule has 1 aromatic heterocycles. The highest BCUT2D eigenvalue weighted by Crippen LogP contribution is 2.46. The maximum absolute atomic E-state index is 12.9. The number of amides is 3. The summed E-state index contributed by atoms with van der Waals surface area (Å²) in [4.78, 5) is 50.0. The van der Waals surface area contributed by atoms with E-state index in [-0.39, 0.29) is 23.4 Å². The summed E-state index contributed by atoms with van der Waals surface area (Å²) in [6, 6.07) is 3.63. The van der Waals surface area contributed by atoms with Crippen molar-refractivity contribution in [3.8, 4) is 0 Å². The molecule has 0 bridgehead atoms. The van der Waals surface area contributed by atoms with Gasteiger partial charge >= 0.3 is 5.97 Å². The number of fused-ring (bicyclic) bond motifs is 1. The molecule has 0 spiro atoms. The molecule has 0 saturated carbocycles. The summed E-state index contributed by atoms with van der Waals surface area (Å²) in [5.74, 6) is -2.61. The number of carbonyl (C=O) groups excluding carboxylic acids is 3. The summed E-state index contributed by atoms with van der Waals surface area (Å²) in [5, 5.41) is 17.0. The van der Waals surface area contributed by atoms with Crippen LogP contribution in [0, 0.1) is 0 Å². The van der Waals surface area contributed by atoms with Gasteiger partial charge in [-0.25, -0.2) is 10.2 Å². The van der Waals surface area contributed by atoms with E-state index in [2.05, 4.69) is 15.8 Å². The summed E-state index contributed by atoms with van der Waals surface area (Å²) in [5.41, 5.74) is 0.556. The van der Waals surface area contributed by atoms with Gasteiger partial charge < -0.3 is 15.2 Å². The molecule has 29 heavy (non-hydrogen) atoms. The summed E-state index contributed by atoms with van der Waals surface area (Å²) in [6.07, 6.45) is 1.28. The van der Waals surface area contributed by atoms with Crippen molar-refractivity contribution in [2.45, 2.75) is 24.4 Å². The third-order valence-corrected chi connectivity index (χ3v) is 6.48. The minimum atomic E-state index is -1.64. The van der Waals surface area contributed by atoms with Crippen molar-refractivity contribution >= 4 is 53.0 Å². The number of thiophene rings is 1. The molecule has 2 atom stereocenters.